The number of rotatable bonds is 6. The van der Waals surface area contributed by atoms with Gasteiger partial charge < -0.3 is 14.4 Å². The van der Waals surface area contributed by atoms with Gasteiger partial charge in [0.15, 0.2) is 11.5 Å². The third-order valence-corrected chi connectivity index (χ3v) is 5.81. The van der Waals surface area contributed by atoms with Crippen LogP contribution in [0.2, 0.25) is 0 Å². The first-order valence-electron chi connectivity index (χ1n) is 10.8. The molecule has 2 aromatic carbocycles. The zero-order valence-electron chi connectivity index (χ0n) is 17.6. The van der Waals surface area contributed by atoms with Crippen LogP contribution < -0.4 is 14.4 Å². The molecule has 2 aromatic rings. The summed E-state index contributed by atoms with van der Waals surface area (Å²) < 4.78 is 12.3. The van der Waals surface area contributed by atoms with Crippen molar-refractivity contribution in [1.82, 2.24) is 0 Å². The van der Waals surface area contributed by atoms with E-state index in [9.17, 15) is 4.79 Å². The maximum atomic E-state index is 12.7. The van der Waals surface area contributed by atoms with E-state index < -0.39 is 0 Å². The molecule has 0 unspecified atom stereocenters. The maximum Gasteiger partial charge on any atom is 0.227 e. The first-order valence-corrected chi connectivity index (χ1v) is 10.8. The van der Waals surface area contributed by atoms with E-state index in [1.54, 1.807) is 17.0 Å². The Labute approximate surface area is 178 Å². The number of nitriles is 1. The van der Waals surface area contributed by atoms with Crippen LogP contribution >= 0.6 is 0 Å². The first-order chi connectivity index (χ1) is 14.5. The molecule has 5 heteroatoms. The molecule has 0 bridgehead atoms. The van der Waals surface area contributed by atoms with Crippen LogP contribution in [0.4, 0.5) is 5.69 Å². The molecule has 4 rings (SSSR count). The average molecular weight is 405 g/mol. The molecule has 156 valence electrons. The van der Waals surface area contributed by atoms with Gasteiger partial charge in [-0.15, -0.1) is 0 Å². The molecule has 5 nitrogen and oxygen atoms in total. The molecular formula is C25H28N2O3. The second-order valence-corrected chi connectivity index (χ2v) is 8.46. The normalized spacial score (nSPS) is 19.3. The Morgan fingerprint density at radius 3 is 2.63 bits per heavy atom. The predicted molar refractivity (Wildman–Crippen MR) is 116 cm³/mol. The van der Waals surface area contributed by atoms with Gasteiger partial charge in [-0.25, -0.2) is 0 Å². The van der Waals surface area contributed by atoms with Gasteiger partial charge in [-0.2, -0.15) is 5.26 Å². The van der Waals surface area contributed by atoms with Gasteiger partial charge in [0, 0.05) is 24.6 Å². The highest BCUT2D eigenvalue weighted by Gasteiger charge is 2.32. The molecule has 1 heterocycles. The minimum absolute atomic E-state index is 0.0674. The van der Waals surface area contributed by atoms with Gasteiger partial charge in [0.25, 0.3) is 0 Å². The molecule has 1 atom stereocenters. The molecule has 0 N–H and O–H groups in total. The molecule has 1 saturated carbocycles. The molecule has 1 aliphatic carbocycles. The number of ether oxygens (including phenoxy) is 2. The highest BCUT2D eigenvalue weighted by atomic mass is 16.5. The molecule has 0 aromatic heterocycles. The topological polar surface area (TPSA) is 62.6 Å². The molecule has 1 amide bonds. The van der Waals surface area contributed by atoms with Crippen LogP contribution in [0, 0.1) is 11.3 Å². The van der Waals surface area contributed by atoms with E-state index in [-0.39, 0.29) is 24.0 Å². The van der Waals surface area contributed by atoms with Crippen LogP contribution in [-0.4, -0.2) is 24.7 Å². The van der Waals surface area contributed by atoms with E-state index in [2.05, 4.69) is 12.1 Å². The fourth-order valence-corrected chi connectivity index (χ4v) is 4.33. The van der Waals surface area contributed by atoms with Crippen LogP contribution in [0.3, 0.4) is 0 Å². The van der Waals surface area contributed by atoms with Crippen molar-refractivity contribution >= 4 is 11.6 Å². The van der Waals surface area contributed by atoms with Crippen molar-refractivity contribution in [1.29, 1.82) is 5.26 Å². The number of benzene rings is 2. The first kappa shape index (κ1) is 20.3. The van der Waals surface area contributed by atoms with Crippen molar-refractivity contribution in [2.75, 3.05) is 11.4 Å². The van der Waals surface area contributed by atoms with Crippen LogP contribution in [0.25, 0.3) is 0 Å². The summed E-state index contributed by atoms with van der Waals surface area (Å²) in [6, 6.07) is 15.5. The van der Waals surface area contributed by atoms with Crippen LogP contribution in [0.1, 0.15) is 63.0 Å². The molecule has 1 aliphatic heterocycles. The molecule has 2 fully saturated rings. The van der Waals surface area contributed by atoms with Crippen molar-refractivity contribution in [2.45, 2.75) is 64.1 Å². The molecule has 1 saturated heterocycles. The standard InChI is InChI=1S/C25H28N2O3/c1-17(2)29-23-11-10-19(13-24(23)30-22-8-3-4-9-22)20-14-25(28)27(16-20)21-7-5-6-18(12-21)15-26/h5-7,10-13,17,20,22H,3-4,8-9,14,16H2,1-2H3/t20-/m1/s1. The Kier molecular flexibility index (Phi) is 5.94. The minimum Gasteiger partial charge on any atom is -0.487 e. The number of hydrogen-bond donors (Lipinski definition) is 0. The molecule has 0 radical (unpaired) electrons. The number of nitrogens with zero attached hydrogens (tertiary/aromatic N) is 2. The Hall–Kier alpha value is -3.00. The van der Waals surface area contributed by atoms with Crippen molar-refractivity contribution in [2.24, 2.45) is 0 Å². The van der Waals surface area contributed by atoms with E-state index in [0.29, 0.717) is 18.5 Å². The third kappa shape index (κ3) is 4.43. The number of carbonyl (C=O) groups is 1. The summed E-state index contributed by atoms with van der Waals surface area (Å²) in [7, 11) is 0. The lowest BCUT2D eigenvalue weighted by Gasteiger charge is -2.21. The lowest BCUT2D eigenvalue weighted by molar-refractivity contribution is -0.117. The van der Waals surface area contributed by atoms with Gasteiger partial charge in [-0.3, -0.25) is 4.79 Å². The smallest absolute Gasteiger partial charge is 0.227 e. The molecule has 0 spiro atoms. The van der Waals surface area contributed by atoms with Gasteiger partial charge in [-0.1, -0.05) is 12.1 Å². The number of hydrogen-bond acceptors (Lipinski definition) is 4. The van der Waals surface area contributed by atoms with Gasteiger partial charge in [0.05, 0.1) is 23.8 Å². The summed E-state index contributed by atoms with van der Waals surface area (Å²) in [5, 5.41) is 9.16. The summed E-state index contributed by atoms with van der Waals surface area (Å²) >= 11 is 0. The van der Waals surface area contributed by atoms with Crippen molar-refractivity contribution in [3.63, 3.8) is 0 Å². The van der Waals surface area contributed by atoms with E-state index in [4.69, 9.17) is 14.7 Å². The third-order valence-electron chi connectivity index (χ3n) is 5.81. The zero-order chi connectivity index (χ0) is 21.1. The summed E-state index contributed by atoms with van der Waals surface area (Å²) in [6.45, 7) is 4.62. The zero-order valence-corrected chi connectivity index (χ0v) is 17.6. The van der Waals surface area contributed by atoms with Crippen LogP contribution in [0.15, 0.2) is 42.5 Å². The maximum absolute atomic E-state index is 12.7. The van der Waals surface area contributed by atoms with Gasteiger partial charge in [0.2, 0.25) is 5.91 Å². The number of amides is 1. The summed E-state index contributed by atoms with van der Waals surface area (Å²) in [5.41, 5.74) is 2.43. The second kappa shape index (κ2) is 8.79. The monoisotopic (exact) mass is 404 g/mol. The molecule has 2 aliphatic rings. The average Bonchev–Trinajstić information content (AvgIpc) is 3.38. The summed E-state index contributed by atoms with van der Waals surface area (Å²) in [5.74, 6) is 1.71. The lowest BCUT2D eigenvalue weighted by Crippen LogP contribution is -2.24. The van der Waals surface area contributed by atoms with Crippen LogP contribution in [-0.2, 0) is 4.79 Å². The van der Waals surface area contributed by atoms with Gasteiger partial charge in [-0.05, 0) is 75.4 Å². The highest BCUT2D eigenvalue weighted by molar-refractivity contribution is 5.96. The fraction of sp³-hybridized carbons (Fsp3) is 0.440. The summed E-state index contributed by atoms with van der Waals surface area (Å²) in [6.07, 6.45) is 5.33. The number of anilines is 1. The molecule has 30 heavy (non-hydrogen) atoms. The number of carbonyl (C=O) groups excluding carboxylic acids is 1. The lowest BCUT2D eigenvalue weighted by atomic mass is 9.97. The second-order valence-electron chi connectivity index (χ2n) is 8.46. The quantitative estimate of drug-likeness (QED) is 0.665. The van der Waals surface area contributed by atoms with E-state index in [1.807, 2.05) is 38.1 Å². The fourth-order valence-electron chi connectivity index (χ4n) is 4.33. The predicted octanol–water partition coefficient (Wildman–Crippen LogP) is 5.19. The largest absolute Gasteiger partial charge is 0.487 e. The van der Waals surface area contributed by atoms with E-state index in [1.165, 1.54) is 12.8 Å². The van der Waals surface area contributed by atoms with E-state index >= 15 is 0 Å². The SMILES string of the molecule is CC(C)Oc1ccc([C@@H]2CC(=O)N(c3cccc(C#N)c3)C2)cc1OC1CCCC1. The Morgan fingerprint density at radius 2 is 1.90 bits per heavy atom. The molecular weight excluding hydrogens is 376 g/mol. The van der Waals surface area contributed by atoms with Crippen molar-refractivity contribution in [3.05, 3.63) is 53.6 Å². The Bertz CT molecular complexity index is 957. The summed E-state index contributed by atoms with van der Waals surface area (Å²) in [4.78, 5) is 14.5. The van der Waals surface area contributed by atoms with Crippen molar-refractivity contribution < 1.29 is 14.3 Å². The van der Waals surface area contributed by atoms with Crippen molar-refractivity contribution in [3.8, 4) is 17.6 Å². The van der Waals surface area contributed by atoms with Crippen LogP contribution in [0.5, 0.6) is 11.5 Å². The Balaban J connectivity index is 1.57. The minimum atomic E-state index is 0.0674. The van der Waals surface area contributed by atoms with Gasteiger partial charge >= 0.3 is 0 Å². The Morgan fingerprint density at radius 1 is 1.10 bits per heavy atom. The van der Waals surface area contributed by atoms with E-state index in [0.717, 1.165) is 35.6 Å². The highest BCUT2D eigenvalue weighted by Crippen LogP contribution is 2.38. The van der Waals surface area contributed by atoms with Gasteiger partial charge in [0.1, 0.15) is 0 Å².